The summed E-state index contributed by atoms with van der Waals surface area (Å²) in [7, 11) is -4.09. The van der Waals surface area contributed by atoms with Crippen molar-refractivity contribution in [3.05, 3.63) is 0 Å². The molecule has 0 bridgehead atoms. The maximum Gasteiger partial charge on any atom is 0.325 e. The number of carbonyl (C=O) groups excluding carboxylic acids is 1. The molecule has 0 amide bonds. The van der Waals surface area contributed by atoms with Crippen LogP contribution in [0.2, 0.25) is 0 Å². The van der Waals surface area contributed by atoms with Crippen molar-refractivity contribution in [2.75, 3.05) is 12.8 Å². The van der Waals surface area contributed by atoms with E-state index in [1.807, 2.05) is 13.8 Å². The van der Waals surface area contributed by atoms with Gasteiger partial charge >= 0.3 is 13.6 Å². The number of hydrogen-bond acceptors (Lipinski definition) is 3. The minimum Gasteiger partial charge on any atom is -0.466 e. The highest BCUT2D eigenvalue weighted by Crippen LogP contribution is 2.41. The number of hydrogen-bond donors (Lipinski definition) is 2. The molecule has 0 saturated carbocycles. The first kappa shape index (κ1) is 16.6. The van der Waals surface area contributed by atoms with Crippen molar-refractivity contribution in [1.82, 2.24) is 0 Å². The van der Waals surface area contributed by atoms with Crippen LogP contribution in [0.3, 0.4) is 0 Å². The van der Waals surface area contributed by atoms with E-state index in [1.165, 1.54) is 0 Å². The maximum absolute atomic E-state index is 11.7. The lowest BCUT2D eigenvalue weighted by Crippen LogP contribution is -2.28. The van der Waals surface area contributed by atoms with Crippen LogP contribution in [0.1, 0.15) is 40.0 Å². The zero-order valence-electron chi connectivity index (χ0n) is 10.8. The molecule has 2 unspecified atom stereocenters. The number of rotatable bonds is 8. The van der Waals surface area contributed by atoms with Crippen LogP contribution in [0.25, 0.3) is 0 Å². The van der Waals surface area contributed by atoms with Crippen LogP contribution < -0.4 is 0 Å². The third-order valence-electron chi connectivity index (χ3n) is 2.73. The van der Waals surface area contributed by atoms with Crippen molar-refractivity contribution in [3.63, 3.8) is 0 Å². The van der Waals surface area contributed by atoms with Crippen LogP contribution in [0.4, 0.5) is 0 Å². The number of ether oxygens (including phenoxy) is 1. The second kappa shape index (κ2) is 7.85. The molecule has 0 heterocycles. The van der Waals surface area contributed by atoms with Gasteiger partial charge in [0.05, 0.1) is 18.7 Å². The highest BCUT2D eigenvalue weighted by atomic mass is 31.2. The van der Waals surface area contributed by atoms with E-state index < -0.39 is 13.5 Å². The predicted molar refractivity (Wildman–Crippen MR) is 65.7 cm³/mol. The minimum absolute atomic E-state index is 0.238. The molecule has 5 nitrogen and oxygen atoms in total. The molecule has 102 valence electrons. The van der Waals surface area contributed by atoms with E-state index in [1.54, 1.807) is 6.92 Å². The van der Waals surface area contributed by atoms with Crippen LogP contribution in [-0.2, 0) is 14.1 Å². The van der Waals surface area contributed by atoms with Crippen molar-refractivity contribution >= 4 is 13.6 Å². The van der Waals surface area contributed by atoms with Gasteiger partial charge in [-0.25, -0.2) is 0 Å². The first-order chi connectivity index (χ1) is 7.85. The average molecular weight is 266 g/mol. The molecule has 0 spiro atoms. The van der Waals surface area contributed by atoms with E-state index >= 15 is 0 Å². The first-order valence-electron chi connectivity index (χ1n) is 6.06. The van der Waals surface area contributed by atoms with Gasteiger partial charge in [0.1, 0.15) is 0 Å². The summed E-state index contributed by atoms with van der Waals surface area (Å²) >= 11 is 0. The van der Waals surface area contributed by atoms with E-state index in [0.29, 0.717) is 19.4 Å². The molecule has 0 fully saturated rings. The Balaban J connectivity index is 4.73. The summed E-state index contributed by atoms with van der Waals surface area (Å²) in [4.78, 5) is 29.8. The summed E-state index contributed by atoms with van der Waals surface area (Å²) in [5.41, 5.74) is 0. The molecule has 2 atom stereocenters. The van der Waals surface area contributed by atoms with Crippen molar-refractivity contribution in [3.8, 4) is 0 Å². The summed E-state index contributed by atoms with van der Waals surface area (Å²) in [5, 5.41) is 0. The van der Waals surface area contributed by atoms with Gasteiger partial charge in [-0.2, -0.15) is 0 Å². The topological polar surface area (TPSA) is 83.8 Å². The van der Waals surface area contributed by atoms with Crippen molar-refractivity contribution in [1.29, 1.82) is 0 Å². The Bertz CT molecular complexity index is 273. The standard InChI is InChI=1S/C11H23O5P/c1-4-7-9(8-17(13,14)15)10(5-2)11(12)16-6-3/h9-10H,4-8H2,1-3H3,(H2,13,14,15). The molecule has 0 aliphatic carbocycles. The van der Waals surface area contributed by atoms with E-state index in [4.69, 9.17) is 14.5 Å². The Labute approximate surface area is 103 Å². The Morgan fingerprint density at radius 1 is 1.29 bits per heavy atom. The monoisotopic (exact) mass is 266 g/mol. The molecule has 2 N–H and O–H groups in total. The lowest BCUT2D eigenvalue weighted by atomic mass is 9.88. The Hall–Kier alpha value is -0.380. The van der Waals surface area contributed by atoms with Gasteiger partial charge in [-0.3, -0.25) is 9.36 Å². The summed E-state index contributed by atoms with van der Waals surface area (Å²) in [5.74, 6) is -1.06. The van der Waals surface area contributed by atoms with E-state index in [-0.39, 0.29) is 18.0 Å². The van der Waals surface area contributed by atoms with Crippen LogP contribution in [0, 0.1) is 11.8 Å². The molecule has 0 aliphatic heterocycles. The van der Waals surface area contributed by atoms with E-state index in [0.717, 1.165) is 6.42 Å². The lowest BCUT2D eigenvalue weighted by Gasteiger charge is -2.24. The van der Waals surface area contributed by atoms with Gasteiger partial charge in [0, 0.05) is 0 Å². The smallest absolute Gasteiger partial charge is 0.325 e. The van der Waals surface area contributed by atoms with Crippen molar-refractivity contribution in [2.45, 2.75) is 40.0 Å². The average Bonchev–Trinajstić information content (AvgIpc) is 2.17. The van der Waals surface area contributed by atoms with Crippen LogP contribution in [0.5, 0.6) is 0 Å². The fourth-order valence-electron chi connectivity index (χ4n) is 2.04. The van der Waals surface area contributed by atoms with Crippen molar-refractivity contribution in [2.24, 2.45) is 11.8 Å². The quantitative estimate of drug-likeness (QED) is 0.519. The fourth-order valence-corrected chi connectivity index (χ4v) is 3.09. The van der Waals surface area contributed by atoms with E-state index in [9.17, 15) is 9.36 Å². The lowest BCUT2D eigenvalue weighted by molar-refractivity contribution is -0.150. The zero-order chi connectivity index (χ0) is 13.5. The Morgan fingerprint density at radius 2 is 1.88 bits per heavy atom. The minimum atomic E-state index is -4.09. The molecule has 0 saturated heterocycles. The summed E-state index contributed by atoms with van der Waals surface area (Å²) in [6.45, 7) is 5.79. The fraction of sp³-hybridized carbons (Fsp3) is 0.909. The molecule has 6 heteroatoms. The SMILES string of the molecule is CCCC(CP(=O)(O)O)C(CC)C(=O)OCC. The summed E-state index contributed by atoms with van der Waals surface area (Å²) < 4.78 is 16.0. The van der Waals surface area contributed by atoms with Gasteiger partial charge in [0.25, 0.3) is 0 Å². The highest BCUT2D eigenvalue weighted by molar-refractivity contribution is 7.51. The molecule has 0 aromatic heterocycles. The Morgan fingerprint density at radius 3 is 2.24 bits per heavy atom. The molecule has 17 heavy (non-hydrogen) atoms. The largest absolute Gasteiger partial charge is 0.466 e. The third kappa shape index (κ3) is 6.81. The van der Waals surface area contributed by atoms with Crippen molar-refractivity contribution < 1.29 is 23.9 Å². The van der Waals surface area contributed by atoms with Gasteiger partial charge in [-0.15, -0.1) is 0 Å². The molecule has 0 aromatic carbocycles. The maximum atomic E-state index is 11.7. The van der Waals surface area contributed by atoms with E-state index in [2.05, 4.69) is 0 Å². The van der Waals surface area contributed by atoms with Gasteiger partial charge in [0.15, 0.2) is 0 Å². The second-order valence-corrected chi connectivity index (χ2v) is 5.86. The molecule has 0 radical (unpaired) electrons. The zero-order valence-corrected chi connectivity index (χ0v) is 11.7. The highest BCUT2D eigenvalue weighted by Gasteiger charge is 2.32. The predicted octanol–water partition coefficient (Wildman–Crippen LogP) is 2.17. The second-order valence-electron chi connectivity index (χ2n) is 4.16. The Kier molecular flexibility index (Phi) is 7.68. The molecule has 0 aliphatic rings. The van der Waals surface area contributed by atoms with Gasteiger partial charge in [0.2, 0.25) is 0 Å². The molecule has 0 aromatic rings. The van der Waals surface area contributed by atoms with Gasteiger partial charge in [-0.1, -0.05) is 20.3 Å². The molecular weight excluding hydrogens is 243 g/mol. The normalized spacial score (nSPS) is 15.4. The third-order valence-corrected chi connectivity index (χ3v) is 3.67. The molecular formula is C11H23O5P. The summed E-state index contributed by atoms with van der Waals surface area (Å²) in [6, 6.07) is 0. The van der Waals surface area contributed by atoms with Crippen LogP contribution in [0.15, 0.2) is 0 Å². The first-order valence-corrected chi connectivity index (χ1v) is 7.86. The van der Waals surface area contributed by atoms with Gasteiger partial charge < -0.3 is 14.5 Å². The number of esters is 1. The van der Waals surface area contributed by atoms with Gasteiger partial charge in [-0.05, 0) is 25.7 Å². The summed E-state index contributed by atoms with van der Waals surface area (Å²) in [6.07, 6.45) is 1.73. The number of carbonyl (C=O) groups is 1. The van der Waals surface area contributed by atoms with Crippen LogP contribution >= 0.6 is 7.60 Å². The molecule has 0 rings (SSSR count). The van der Waals surface area contributed by atoms with Crippen LogP contribution in [-0.4, -0.2) is 28.5 Å².